The lowest BCUT2D eigenvalue weighted by atomic mass is 9.94. The Bertz CT molecular complexity index is 1150. The van der Waals surface area contributed by atoms with Crippen molar-refractivity contribution in [2.45, 2.75) is 40.2 Å². The summed E-state index contributed by atoms with van der Waals surface area (Å²) in [4.78, 5) is 6.92. The molecule has 0 saturated carbocycles. The van der Waals surface area contributed by atoms with Crippen molar-refractivity contribution < 1.29 is 9.26 Å². The van der Waals surface area contributed by atoms with Gasteiger partial charge in [0.25, 0.3) is 5.89 Å². The van der Waals surface area contributed by atoms with E-state index in [1.54, 1.807) is 7.11 Å². The molecule has 1 aliphatic rings. The number of methoxy groups -OCH3 is 1. The van der Waals surface area contributed by atoms with Crippen molar-refractivity contribution in [2.75, 3.05) is 13.7 Å². The van der Waals surface area contributed by atoms with Crippen LogP contribution in [0.4, 0.5) is 0 Å². The summed E-state index contributed by atoms with van der Waals surface area (Å²) in [5.41, 5.74) is 5.16. The van der Waals surface area contributed by atoms with Gasteiger partial charge < -0.3 is 19.5 Å². The Hall–Kier alpha value is -3.19. The van der Waals surface area contributed by atoms with E-state index in [0.29, 0.717) is 17.6 Å². The quantitative estimate of drug-likeness (QED) is 0.448. The van der Waals surface area contributed by atoms with Crippen molar-refractivity contribution in [3.63, 3.8) is 0 Å². The SMILES string of the molecule is COc1ccc(-c2noc(C3=C(C)N(CCC(C)C)C(=S)NC3c3ccc(C)cc3)n2)cc1. The summed E-state index contributed by atoms with van der Waals surface area (Å²) in [6.45, 7) is 9.43. The molecule has 0 bridgehead atoms. The minimum absolute atomic E-state index is 0.169. The summed E-state index contributed by atoms with van der Waals surface area (Å²) < 4.78 is 11.1. The van der Waals surface area contributed by atoms with Gasteiger partial charge in [0, 0.05) is 17.8 Å². The Morgan fingerprint density at radius 2 is 1.79 bits per heavy atom. The molecule has 0 spiro atoms. The monoisotopic (exact) mass is 462 g/mol. The zero-order valence-electron chi connectivity index (χ0n) is 19.8. The molecule has 1 aliphatic heterocycles. The molecule has 0 aliphatic carbocycles. The van der Waals surface area contributed by atoms with Gasteiger partial charge in [-0.1, -0.05) is 48.8 Å². The summed E-state index contributed by atoms with van der Waals surface area (Å²) in [5, 5.41) is 8.52. The topological polar surface area (TPSA) is 63.4 Å². The number of thiocarbonyl (C=S) groups is 1. The van der Waals surface area contributed by atoms with E-state index in [1.165, 1.54) is 5.56 Å². The van der Waals surface area contributed by atoms with Crippen LogP contribution < -0.4 is 10.1 Å². The van der Waals surface area contributed by atoms with Gasteiger partial charge in [-0.3, -0.25) is 0 Å². The van der Waals surface area contributed by atoms with E-state index in [2.05, 4.69) is 67.3 Å². The maximum Gasteiger partial charge on any atom is 0.258 e. The molecule has 2 heterocycles. The van der Waals surface area contributed by atoms with Gasteiger partial charge in [-0.25, -0.2) is 0 Å². The van der Waals surface area contributed by atoms with Gasteiger partial charge >= 0.3 is 0 Å². The highest BCUT2D eigenvalue weighted by molar-refractivity contribution is 7.80. The van der Waals surface area contributed by atoms with E-state index in [9.17, 15) is 0 Å². The molecule has 172 valence electrons. The second kappa shape index (κ2) is 9.75. The average molecular weight is 463 g/mol. The first-order valence-electron chi connectivity index (χ1n) is 11.2. The normalized spacial score (nSPS) is 16.4. The molecule has 7 heteroatoms. The Morgan fingerprint density at radius 1 is 1.09 bits per heavy atom. The lowest BCUT2D eigenvalue weighted by Crippen LogP contribution is -2.46. The third-order valence-electron chi connectivity index (χ3n) is 5.94. The lowest BCUT2D eigenvalue weighted by Gasteiger charge is -2.37. The van der Waals surface area contributed by atoms with Gasteiger partial charge in [0.05, 0.1) is 18.7 Å². The van der Waals surface area contributed by atoms with Crippen LogP contribution in [0.1, 0.15) is 50.3 Å². The summed E-state index contributed by atoms with van der Waals surface area (Å²) >= 11 is 5.77. The number of ether oxygens (including phenoxy) is 1. The molecular weight excluding hydrogens is 432 g/mol. The highest BCUT2D eigenvalue weighted by Gasteiger charge is 2.34. The number of hydrogen-bond donors (Lipinski definition) is 1. The molecule has 0 fully saturated rings. The van der Waals surface area contributed by atoms with E-state index >= 15 is 0 Å². The van der Waals surface area contributed by atoms with E-state index in [-0.39, 0.29) is 6.04 Å². The molecule has 1 aromatic heterocycles. The van der Waals surface area contributed by atoms with Crippen LogP contribution in [0.3, 0.4) is 0 Å². The number of aryl methyl sites for hydroxylation is 1. The van der Waals surface area contributed by atoms with Crippen LogP contribution in [-0.4, -0.2) is 33.8 Å². The first-order valence-corrected chi connectivity index (χ1v) is 11.6. The second-order valence-corrected chi connectivity index (χ2v) is 9.16. The first-order chi connectivity index (χ1) is 15.9. The van der Waals surface area contributed by atoms with Gasteiger partial charge in [0.15, 0.2) is 5.11 Å². The number of hydrogen-bond acceptors (Lipinski definition) is 5. The van der Waals surface area contributed by atoms with Gasteiger partial charge in [-0.15, -0.1) is 0 Å². The van der Waals surface area contributed by atoms with Crippen LogP contribution >= 0.6 is 12.2 Å². The average Bonchev–Trinajstić information content (AvgIpc) is 3.28. The minimum atomic E-state index is -0.169. The van der Waals surface area contributed by atoms with Crippen LogP contribution in [0.25, 0.3) is 17.0 Å². The maximum absolute atomic E-state index is 5.81. The molecule has 0 radical (unpaired) electrons. The molecule has 6 nitrogen and oxygen atoms in total. The summed E-state index contributed by atoms with van der Waals surface area (Å²) in [7, 11) is 1.65. The highest BCUT2D eigenvalue weighted by Crippen LogP contribution is 2.37. The fourth-order valence-corrected chi connectivity index (χ4v) is 4.26. The van der Waals surface area contributed by atoms with Crippen LogP contribution in [0.2, 0.25) is 0 Å². The number of nitrogens with one attached hydrogen (secondary N) is 1. The Labute approximate surface area is 200 Å². The zero-order chi connectivity index (χ0) is 23.5. The van der Waals surface area contributed by atoms with Crippen LogP contribution in [0, 0.1) is 12.8 Å². The van der Waals surface area contributed by atoms with E-state index in [4.69, 9.17) is 26.5 Å². The maximum atomic E-state index is 5.81. The standard InChI is InChI=1S/C26H30N4O2S/c1-16(2)14-15-30-18(4)22(23(27-26(30)33)19-8-6-17(3)7-9-19)25-28-24(29-32-25)20-10-12-21(31-5)13-11-20/h6-13,16,23H,14-15H2,1-5H3,(H,27,33). The molecule has 4 rings (SSSR count). The van der Waals surface area contributed by atoms with E-state index in [0.717, 1.165) is 46.2 Å². The molecule has 2 aromatic carbocycles. The minimum Gasteiger partial charge on any atom is -0.497 e. The Morgan fingerprint density at radius 3 is 2.42 bits per heavy atom. The van der Waals surface area contributed by atoms with Crippen LogP contribution in [0.5, 0.6) is 5.75 Å². The van der Waals surface area contributed by atoms with Crippen LogP contribution in [0.15, 0.2) is 58.8 Å². The fraction of sp³-hybridized carbons (Fsp3) is 0.346. The van der Waals surface area contributed by atoms with Crippen molar-refractivity contribution >= 4 is 22.9 Å². The van der Waals surface area contributed by atoms with Gasteiger partial charge in [-0.05, 0) is 68.2 Å². The molecular formula is C26H30N4O2S. The molecule has 3 aromatic rings. The van der Waals surface area contributed by atoms with E-state index < -0.39 is 0 Å². The summed E-state index contributed by atoms with van der Waals surface area (Å²) in [6, 6.07) is 15.9. The lowest BCUT2D eigenvalue weighted by molar-refractivity contribution is 0.390. The molecule has 1 unspecified atom stereocenters. The smallest absolute Gasteiger partial charge is 0.258 e. The fourth-order valence-electron chi connectivity index (χ4n) is 3.91. The van der Waals surface area contributed by atoms with Crippen LogP contribution in [-0.2, 0) is 0 Å². The van der Waals surface area contributed by atoms with Gasteiger partial charge in [0.1, 0.15) is 5.75 Å². The predicted octanol–water partition coefficient (Wildman–Crippen LogP) is 5.76. The number of aromatic nitrogens is 2. The highest BCUT2D eigenvalue weighted by atomic mass is 32.1. The number of rotatable bonds is 7. The Kier molecular flexibility index (Phi) is 6.79. The number of benzene rings is 2. The zero-order valence-corrected chi connectivity index (χ0v) is 20.6. The van der Waals surface area contributed by atoms with Gasteiger partial charge in [0.2, 0.25) is 5.82 Å². The second-order valence-electron chi connectivity index (χ2n) is 8.78. The Balaban J connectivity index is 1.76. The van der Waals surface area contributed by atoms with Crippen molar-refractivity contribution in [3.8, 4) is 17.1 Å². The molecule has 33 heavy (non-hydrogen) atoms. The molecule has 1 atom stereocenters. The molecule has 0 amide bonds. The molecule has 1 N–H and O–H groups in total. The molecule has 0 saturated heterocycles. The van der Waals surface area contributed by atoms with Crippen molar-refractivity contribution in [1.29, 1.82) is 0 Å². The number of allylic oxidation sites excluding steroid dienone is 1. The largest absolute Gasteiger partial charge is 0.497 e. The van der Waals surface area contributed by atoms with Crippen molar-refractivity contribution in [3.05, 3.63) is 71.2 Å². The third kappa shape index (κ3) is 4.93. The first kappa shape index (κ1) is 23.0. The van der Waals surface area contributed by atoms with Gasteiger partial charge in [-0.2, -0.15) is 4.98 Å². The van der Waals surface area contributed by atoms with E-state index in [1.807, 2.05) is 24.3 Å². The predicted molar refractivity (Wildman–Crippen MR) is 135 cm³/mol. The summed E-state index contributed by atoms with van der Waals surface area (Å²) in [5.74, 6) is 2.39. The number of nitrogens with zero attached hydrogens (tertiary/aromatic N) is 3. The van der Waals surface area contributed by atoms with Crippen molar-refractivity contribution in [2.24, 2.45) is 5.92 Å². The summed E-state index contributed by atoms with van der Waals surface area (Å²) in [6.07, 6.45) is 1.03. The van der Waals surface area contributed by atoms with Crippen molar-refractivity contribution in [1.82, 2.24) is 20.4 Å². The third-order valence-corrected chi connectivity index (χ3v) is 6.28.